The Labute approximate surface area is 179 Å². The Morgan fingerprint density at radius 1 is 1.36 bits per heavy atom. The Bertz CT molecular complexity index is 781. The number of hydrogen-bond acceptors (Lipinski definition) is 6. The largest absolute Gasteiger partial charge is 0.444 e. The second kappa shape index (κ2) is 9.41. The minimum Gasteiger partial charge on any atom is -0.444 e. The summed E-state index contributed by atoms with van der Waals surface area (Å²) in [5.74, 6) is 0. The van der Waals surface area contributed by atoms with Crippen molar-refractivity contribution >= 4 is 40.1 Å². The van der Waals surface area contributed by atoms with Gasteiger partial charge in [-0.3, -0.25) is 10.1 Å². The van der Waals surface area contributed by atoms with Crippen molar-refractivity contribution in [3.8, 4) is 6.07 Å². The smallest absolute Gasteiger partial charge is 0.410 e. The molecule has 1 aromatic carbocycles. The number of nitro benzene ring substituents is 1. The molecule has 0 aliphatic heterocycles. The normalized spacial score (nSPS) is 11.5. The summed E-state index contributed by atoms with van der Waals surface area (Å²) in [7, 11) is 0. The molecule has 0 fully saturated rings. The van der Waals surface area contributed by atoms with E-state index in [1.54, 1.807) is 11.0 Å². The highest BCUT2D eigenvalue weighted by molar-refractivity contribution is 14.1. The highest BCUT2D eigenvalue weighted by Crippen LogP contribution is 2.32. The molecule has 28 heavy (non-hydrogen) atoms. The van der Waals surface area contributed by atoms with E-state index in [4.69, 9.17) is 10.00 Å². The summed E-state index contributed by atoms with van der Waals surface area (Å²) in [6.07, 6.45) is -0.387. The first kappa shape index (κ1) is 23.9. The van der Waals surface area contributed by atoms with Gasteiger partial charge in [-0.1, -0.05) is 13.8 Å². The van der Waals surface area contributed by atoms with Gasteiger partial charge in [0.15, 0.2) is 0 Å². The number of nitro groups is 1. The second-order valence-corrected chi connectivity index (χ2v) is 9.40. The molecule has 0 spiro atoms. The number of benzene rings is 1. The molecule has 0 aliphatic rings. The molecule has 0 heterocycles. The van der Waals surface area contributed by atoms with Crippen molar-refractivity contribution in [3.05, 3.63) is 31.4 Å². The van der Waals surface area contributed by atoms with Gasteiger partial charge in [0.25, 0.3) is 5.69 Å². The number of nitriles is 1. The summed E-state index contributed by atoms with van der Waals surface area (Å²) in [5, 5.41) is 23.6. The molecule has 0 saturated carbocycles. The lowest BCUT2D eigenvalue weighted by atomic mass is 9.92. The molecule has 0 saturated heterocycles. The lowest BCUT2D eigenvalue weighted by molar-refractivity contribution is -0.384. The van der Waals surface area contributed by atoms with Gasteiger partial charge in [0.1, 0.15) is 11.3 Å². The van der Waals surface area contributed by atoms with Crippen molar-refractivity contribution in [1.29, 1.82) is 5.26 Å². The molecule has 1 rings (SSSR count). The van der Waals surface area contributed by atoms with Crippen LogP contribution in [0.25, 0.3) is 0 Å². The van der Waals surface area contributed by atoms with E-state index in [-0.39, 0.29) is 22.8 Å². The quantitative estimate of drug-likeness (QED) is 0.327. The first-order valence-electron chi connectivity index (χ1n) is 8.89. The summed E-state index contributed by atoms with van der Waals surface area (Å²) >= 11 is 1.98. The molecule has 9 heteroatoms. The predicted molar refractivity (Wildman–Crippen MR) is 116 cm³/mol. The van der Waals surface area contributed by atoms with Crippen LogP contribution in [-0.4, -0.2) is 41.2 Å². The number of anilines is 1. The zero-order valence-electron chi connectivity index (χ0n) is 17.1. The molecule has 1 amide bonds. The van der Waals surface area contributed by atoms with E-state index in [0.29, 0.717) is 28.9 Å². The maximum absolute atomic E-state index is 12.4. The Hall–Kier alpha value is -2.09. The van der Waals surface area contributed by atoms with Gasteiger partial charge < -0.3 is 15.0 Å². The van der Waals surface area contributed by atoms with Crippen molar-refractivity contribution in [3.63, 3.8) is 0 Å². The van der Waals surface area contributed by atoms with Crippen LogP contribution in [0.4, 0.5) is 16.2 Å². The van der Waals surface area contributed by atoms with Gasteiger partial charge >= 0.3 is 6.09 Å². The van der Waals surface area contributed by atoms with E-state index < -0.39 is 10.5 Å². The highest BCUT2D eigenvalue weighted by Gasteiger charge is 2.29. The van der Waals surface area contributed by atoms with Gasteiger partial charge in [-0.25, -0.2) is 4.79 Å². The van der Waals surface area contributed by atoms with Crippen LogP contribution in [0, 0.1) is 30.4 Å². The van der Waals surface area contributed by atoms with Crippen molar-refractivity contribution in [1.82, 2.24) is 4.90 Å². The van der Waals surface area contributed by atoms with Crippen molar-refractivity contribution < 1.29 is 14.5 Å². The van der Waals surface area contributed by atoms with Crippen molar-refractivity contribution in [2.75, 3.05) is 25.0 Å². The zero-order valence-corrected chi connectivity index (χ0v) is 19.3. The fraction of sp³-hybridized carbons (Fsp3) is 0.579. The fourth-order valence-corrected chi connectivity index (χ4v) is 3.31. The maximum Gasteiger partial charge on any atom is 0.410 e. The molecule has 0 atom stereocenters. The van der Waals surface area contributed by atoms with E-state index in [0.717, 1.165) is 0 Å². The summed E-state index contributed by atoms with van der Waals surface area (Å²) in [6.45, 7) is 12.6. The monoisotopic (exact) mass is 502 g/mol. The minimum absolute atomic E-state index is 0.140. The SMILES string of the molecule is CCN(CC(C)(C)CNc1c(I)cc(C#N)cc1[N+](=O)[O-])C(=O)OC(C)(C)C. The summed E-state index contributed by atoms with van der Waals surface area (Å²) in [6, 6.07) is 4.79. The van der Waals surface area contributed by atoms with Crippen LogP contribution in [0.5, 0.6) is 0 Å². The number of carbonyl (C=O) groups is 1. The number of hydrogen-bond donors (Lipinski definition) is 1. The van der Waals surface area contributed by atoms with E-state index in [2.05, 4.69) is 5.32 Å². The number of nitrogens with zero attached hydrogens (tertiary/aromatic N) is 3. The number of carbonyl (C=O) groups excluding carboxylic acids is 1. The van der Waals surface area contributed by atoms with Crippen LogP contribution < -0.4 is 5.32 Å². The summed E-state index contributed by atoms with van der Waals surface area (Å²) < 4.78 is 6.04. The van der Waals surface area contributed by atoms with Crippen LogP contribution >= 0.6 is 22.6 Å². The minimum atomic E-state index is -0.577. The van der Waals surface area contributed by atoms with E-state index >= 15 is 0 Å². The number of nitrogens with one attached hydrogen (secondary N) is 1. The molecule has 154 valence electrons. The molecule has 0 unspecified atom stereocenters. The van der Waals surface area contributed by atoms with Crippen LogP contribution in [0.15, 0.2) is 12.1 Å². The Morgan fingerprint density at radius 2 is 1.96 bits per heavy atom. The summed E-state index contributed by atoms with van der Waals surface area (Å²) in [4.78, 5) is 24.9. The van der Waals surface area contributed by atoms with Crippen LogP contribution in [-0.2, 0) is 4.74 Å². The third-order valence-corrected chi connectivity index (χ3v) is 4.64. The predicted octanol–water partition coefficient (Wildman–Crippen LogP) is 4.77. The third kappa shape index (κ3) is 7.14. The second-order valence-electron chi connectivity index (χ2n) is 8.23. The molecule has 8 nitrogen and oxygen atoms in total. The van der Waals surface area contributed by atoms with Crippen LogP contribution in [0.3, 0.4) is 0 Å². The molecule has 1 N–H and O–H groups in total. The molecule has 0 aromatic heterocycles. The third-order valence-electron chi connectivity index (χ3n) is 3.79. The Balaban J connectivity index is 2.95. The topological polar surface area (TPSA) is 109 Å². The maximum atomic E-state index is 12.4. The molecule has 1 aromatic rings. The van der Waals surface area contributed by atoms with Crippen molar-refractivity contribution in [2.45, 2.75) is 47.1 Å². The van der Waals surface area contributed by atoms with Crippen LogP contribution in [0.2, 0.25) is 0 Å². The highest BCUT2D eigenvalue weighted by atomic mass is 127. The van der Waals surface area contributed by atoms with E-state index in [9.17, 15) is 14.9 Å². The lowest BCUT2D eigenvalue weighted by Crippen LogP contribution is -2.44. The number of amides is 1. The van der Waals surface area contributed by atoms with Gasteiger partial charge in [-0.2, -0.15) is 5.26 Å². The lowest BCUT2D eigenvalue weighted by Gasteiger charge is -2.33. The summed E-state index contributed by atoms with van der Waals surface area (Å²) in [5.41, 5.74) is -0.483. The average Bonchev–Trinajstić information content (AvgIpc) is 2.56. The fourth-order valence-electron chi connectivity index (χ4n) is 2.51. The van der Waals surface area contributed by atoms with Gasteiger partial charge in [-0.05, 0) is 61.8 Å². The first-order chi connectivity index (χ1) is 12.8. The Kier molecular flexibility index (Phi) is 8.05. The zero-order chi connectivity index (χ0) is 21.7. The number of ether oxygens (including phenoxy) is 1. The molecule has 0 bridgehead atoms. The standard InChI is InChI=1S/C19H27IN4O4/c1-7-23(17(25)28-18(2,3)4)12-19(5,6)11-22-16-14(20)8-13(10-21)9-15(16)24(26)27/h8-9,22H,7,11-12H2,1-6H3. The van der Waals surface area contributed by atoms with Gasteiger partial charge in [0.05, 0.1) is 16.6 Å². The molecular weight excluding hydrogens is 475 g/mol. The van der Waals surface area contributed by atoms with Gasteiger partial charge in [0, 0.05) is 29.3 Å². The van der Waals surface area contributed by atoms with Gasteiger partial charge in [-0.15, -0.1) is 0 Å². The van der Waals surface area contributed by atoms with Crippen molar-refractivity contribution in [2.24, 2.45) is 5.41 Å². The Morgan fingerprint density at radius 3 is 2.43 bits per heavy atom. The number of rotatable bonds is 7. The molecular formula is C19H27IN4O4. The molecule has 0 aliphatic carbocycles. The van der Waals surface area contributed by atoms with E-state index in [1.165, 1.54) is 6.07 Å². The number of halogens is 1. The molecule has 0 radical (unpaired) electrons. The van der Waals surface area contributed by atoms with Crippen LogP contribution in [0.1, 0.15) is 47.1 Å². The van der Waals surface area contributed by atoms with E-state index in [1.807, 2.05) is 70.2 Å². The first-order valence-corrected chi connectivity index (χ1v) is 9.97. The van der Waals surface area contributed by atoms with Gasteiger partial charge in [0.2, 0.25) is 0 Å². The average molecular weight is 502 g/mol.